The van der Waals surface area contributed by atoms with E-state index in [1.807, 2.05) is 11.4 Å². The summed E-state index contributed by atoms with van der Waals surface area (Å²) in [6, 6.07) is 2.61. The van der Waals surface area contributed by atoms with Crippen LogP contribution in [0.25, 0.3) is 17.2 Å². The van der Waals surface area contributed by atoms with Crippen molar-refractivity contribution in [2.45, 2.75) is 18.6 Å². The minimum Gasteiger partial charge on any atom is -0.479 e. The Hall–Kier alpha value is -3.54. The predicted molar refractivity (Wildman–Crippen MR) is 105 cm³/mol. The molecular formula is C19H13F3N6O2S. The lowest BCUT2D eigenvalue weighted by Crippen LogP contribution is -2.39. The normalized spacial score (nSPS) is 16.5. The third-order valence-electron chi connectivity index (χ3n) is 5.05. The highest BCUT2D eigenvalue weighted by Gasteiger charge is 2.35. The Bertz CT molecular complexity index is 1300. The van der Waals surface area contributed by atoms with E-state index in [2.05, 4.69) is 19.9 Å². The molecule has 0 aliphatic carbocycles. The SMILES string of the molecule is O=C(O)C1c2sccc2CCN1c1ccnc(-c2cnc3cnc(C(F)(F)F)cn23)n1. The zero-order valence-corrected chi connectivity index (χ0v) is 16.4. The van der Waals surface area contributed by atoms with E-state index in [-0.39, 0.29) is 17.2 Å². The lowest BCUT2D eigenvalue weighted by molar-refractivity contribution is -0.141. The smallest absolute Gasteiger partial charge is 0.434 e. The van der Waals surface area contributed by atoms with Gasteiger partial charge in [-0.25, -0.2) is 24.7 Å². The number of carbonyl (C=O) groups is 1. The molecule has 0 saturated carbocycles. The standard InChI is InChI=1S/C19H13F3N6O2S/c20-19(21,22)12-9-28-11(7-25-14(28)8-24-12)17-23-4-1-13(26-17)27-5-2-10-3-6-31-16(10)15(27)18(29)30/h1,3-4,6-9,15H,2,5H2,(H,29,30). The van der Waals surface area contributed by atoms with Gasteiger partial charge in [-0.05, 0) is 29.5 Å². The van der Waals surface area contributed by atoms with E-state index >= 15 is 0 Å². The van der Waals surface area contributed by atoms with Crippen molar-refractivity contribution in [2.24, 2.45) is 0 Å². The molecule has 0 fully saturated rings. The van der Waals surface area contributed by atoms with Gasteiger partial charge in [0, 0.05) is 23.8 Å². The summed E-state index contributed by atoms with van der Waals surface area (Å²) in [5.41, 5.74) is 0.381. The van der Waals surface area contributed by atoms with Gasteiger partial charge in [-0.15, -0.1) is 11.3 Å². The summed E-state index contributed by atoms with van der Waals surface area (Å²) in [7, 11) is 0. The second-order valence-corrected chi connectivity index (χ2v) is 7.82. The number of nitrogens with zero attached hydrogens (tertiary/aromatic N) is 6. The average molecular weight is 446 g/mol. The Morgan fingerprint density at radius 3 is 2.81 bits per heavy atom. The molecule has 1 atom stereocenters. The maximum Gasteiger partial charge on any atom is 0.434 e. The van der Waals surface area contributed by atoms with Gasteiger partial charge < -0.3 is 10.0 Å². The number of fused-ring (bicyclic) bond motifs is 2. The van der Waals surface area contributed by atoms with Gasteiger partial charge in [-0.2, -0.15) is 13.2 Å². The summed E-state index contributed by atoms with van der Waals surface area (Å²) < 4.78 is 40.5. The summed E-state index contributed by atoms with van der Waals surface area (Å²) in [5.74, 6) is -0.499. The fraction of sp³-hybridized carbons (Fsp3) is 0.211. The van der Waals surface area contributed by atoms with Crippen LogP contribution in [-0.2, 0) is 17.4 Å². The van der Waals surface area contributed by atoms with E-state index in [4.69, 9.17) is 0 Å². The molecule has 0 radical (unpaired) electrons. The van der Waals surface area contributed by atoms with Crippen LogP contribution in [0.1, 0.15) is 22.2 Å². The van der Waals surface area contributed by atoms with E-state index in [1.54, 1.807) is 11.0 Å². The fourth-order valence-electron chi connectivity index (χ4n) is 3.63. The number of carboxylic acids is 1. The van der Waals surface area contributed by atoms with Crippen LogP contribution in [-0.4, -0.2) is 42.0 Å². The molecule has 1 unspecified atom stereocenters. The molecular weight excluding hydrogens is 433 g/mol. The van der Waals surface area contributed by atoms with Gasteiger partial charge in [-0.3, -0.25) is 4.40 Å². The molecule has 12 heteroatoms. The molecule has 0 saturated heterocycles. The molecule has 0 aromatic carbocycles. The molecule has 5 rings (SSSR count). The Labute approximate surface area is 176 Å². The fourth-order valence-corrected chi connectivity index (χ4v) is 4.69. The van der Waals surface area contributed by atoms with Crippen molar-refractivity contribution in [1.29, 1.82) is 0 Å². The lowest BCUT2D eigenvalue weighted by Gasteiger charge is -2.33. The first-order valence-electron chi connectivity index (χ1n) is 9.12. The first-order valence-corrected chi connectivity index (χ1v) is 10.0. The molecule has 4 aromatic heterocycles. The Morgan fingerprint density at radius 1 is 1.19 bits per heavy atom. The zero-order chi connectivity index (χ0) is 21.8. The van der Waals surface area contributed by atoms with Crippen molar-refractivity contribution in [3.8, 4) is 11.5 Å². The number of aromatic nitrogens is 5. The van der Waals surface area contributed by atoms with E-state index < -0.39 is 23.9 Å². The van der Waals surface area contributed by atoms with E-state index in [9.17, 15) is 23.1 Å². The van der Waals surface area contributed by atoms with Crippen LogP contribution in [0, 0.1) is 0 Å². The van der Waals surface area contributed by atoms with Gasteiger partial charge in [0.25, 0.3) is 0 Å². The topological polar surface area (TPSA) is 96.5 Å². The highest BCUT2D eigenvalue weighted by Crippen LogP contribution is 2.37. The van der Waals surface area contributed by atoms with E-state index in [0.29, 0.717) is 18.8 Å². The van der Waals surface area contributed by atoms with Crippen LogP contribution >= 0.6 is 11.3 Å². The monoisotopic (exact) mass is 446 g/mol. The molecule has 1 aliphatic rings. The summed E-state index contributed by atoms with van der Waals surface area (Å²) in [6.07, 6.45) is 0.730. The molecule has 1 aliphatic heterocycles. The minimum atomic E-state index is -4.61. The van der Waals surface area contributed by atoms with Crippen LogP contribution in [0.3, 0.4) is 0 Å². The van der Waals surface area contributed by atoms with Gasteiger partial charge in [0.05, 0.1) is 12.4 Å². The van der Waals surface area contributed by atoms with Crippen LogP contribution in [0.5, 0.6) is 0 Å². The maximum atomic E-state index is 13.1. The Morgan fingerprint density at radius 2 is 2.03 bits per heavy atom. The van der Waals surface area contributed by atoms with Crippen LogP contribution < -0.4 is 4.90 Å². The zero-order valence-electron chi connectivity index (χ0n) is 15.6. The van der Waals surface area contributed by atoms with Crippen molar-refractivity contribution in [2.75, 3.05) is 11.4 Å². The summed E-state index contributed by atoms with van der Waals surface area (Å²) in [5, 5.41) is 11.7. The lowest BCUT2D eigenvalue weighted by atomic mass is 10.0. The highest BCUT2D eigenvalue weighted by atomic mass is 32.1. The predicted octanol–water partition coefficient (Wildman–Crippen LogP) is 3.46. The Balaban J connectivity index is 1.58. The van der Waals surface area contributed by atoms with Crippen LogP contribution in [0.4, 0.5) is 19.0 Å². The molecule has 1 N–H and O–H groups in total. The molecule has 31 heavy (non-hydrogen) atoms. The largest absolute Gasteiger partial charge is 0.479 e. The second kappa shape index (κ2) is 7.01. The molecule has 0 bridgehead atoms. The number of hydrogen-bond acceptors (Lipinski definition) is 7. The number of thiophene rings is 1. The average Bonchev–Trinajstić information content (AvgIpc) is 3.38. The molecule has 0 amide bonds. The van der Waals surface area contributed by atoms with Crippen molar-refractivity contribution in [3.63, 3.8) is 0 Å². The van der Waals surface area contributed by atoms with Crippen molar-refractivity contribution >= 4 is 28.8 Å². The van der Waals surface area contributed by atoms with Gasteiger partial charge in [0.15, 0.2) is 23.2 Å². The van der Waals surface area contributed by atoms with E-state index in [1.165, 1.54) is 28.1 Å². The number of imidazole rings is 1. The van der Waals surface area contributed by atoms with Gasteiger partial charge in [0.2, 0.25) is 0 Å². The van der Waals surface area contributed by atoms with Crippen molar-refractivity contribution in [1.82, 2.24) is 24.3 Å². The number of aliphatic carboxylic acids is 1. The first kappa shape index (κ1) is 19.4. The summed E-state index contributed by atoms with van der Waals surface area (Å²) >= 11 is 1.37. The van der Waals surface area contributed by atoms with Crippen molar-refractivity contribution < 1.29 is 23.1 Å². The summed E-state index contributed by atoms with van der Waals surface area (Å²) in [4.78, 5) is 30.5. The van der Waals surface area contributed by atoms with Gasteiger partial charge in [-0.1, -0.05) is 0 Å². The first-order chi connectivity index (χ1) is 14.8. The highest BCUT2D eigenvalue weighted by molar-refractivity contribution is 7.10. The number of anilines is 1. The van der Waals surface area contributed by atoms with Gasteiger partial charge in [0.1, 0.15) is 11.5 Å². The third-order valence-corrected chi connectivity index (χ3v) is 6.06. The second-order valence-electron chi connectivity index (χ2n) is 6.87. The quantitative estimate of drug-likeness (QED) is 0.515. The van der Waals surface area contributed by atoms with Crippen LogP contribution in [0.2, 0.25) is 0 Å². The maximum absolute atomic E-state index is 13.1. The number of carboxylic acid groups (broad SMARTS) is 1. The number of hydrogen-bond donors (Lipinski definition) is 1. The molecule has 158 valence electrons. The number of alkyl halides is 3. The Kier molecular flexibility index (Phi) is 4.39. The molecule has 4 aromatic rings. The van der Waals surface area contributed by atoms with Crippen molar-refractivity contribution in [3.05, 3.63) is 58.4 Å². The molecule has 8 nitrogen and oxygen atoms in total. The summed E-state index contributed by atoms with van der Waals surface area (Å²) in [6.45, 7) is 0.437. The van der Waals surface area contributed by atoms with Gasteiger partial charge >= 0.3 is 12.1 Å². The van der Waals surface area contributed by atoms with Crippen LogP contribution in [0.15, 0.2) is 42.3 Å². The van der Waals surface area contributed by atoms with E-state index in [0.717, 1.165) is 22.8 Å². The number of halogens is 3. The third kappa shape index (κ3) is 3.28. The number of rotatable bonds is 3. The molecule has 5 heterocycles. The molecule has 0 spiro atoms. The minimum absolute atomic E-state index is 0.130.